The molecule has 1 aliphatic heterocycles. The fourth-order valence-electron chi connectivity index (χ4n) is 1.27. The number of carbonyl (C=O) groups excluding carboxylic acids is 1. The van der Waals surface area contributed by atoms with Crippen molar-refractivity contribution in [3.8, 4) is 17.6 Å². The monoisotopic (exact) mass is 239 g/mol. The lowest BCUT2D eigenvalue weighted by Gasteiger charge is -2.03. The molecule has 0 radical (unpaired) electrons. The van der Waals surface area contributed by atoms with Crippen LogP contribution in [-0.2, 0) is 4.74 Å². The van der Waals surface area contributed by atoms with Crippen molar-refractivity contribution in [2.45, 2.75) is 0 Å². The summed E-state index contributed by atoms with van der Waals surface area (Å²) in [5, 5.41) is 8.55. The fourth-order valence-corrected chi connectivity index (χ4v) is 1.53. The van der Waals surface area contributed by atoms with Gasteiger partial charge in [0.15, 0.2) is 18.1 Å². The Balaban J connectivity index is 2.27. The van der Waals surface area contributed by atoms with E-state index in [4.69, 9.17) is 26.3 Å². The number of fused-ring (bicyclic) bond motifs is 1. The Hall–Kier alpha value is -1.93. The molecule has 1 aromatic rings. The van der Waals surface area contributed by atoms with Crippen LogP contribution in [0.1, 0.15) is 10.4 Å². The molecule has 0 aromatic heterocycles. The zero-order chi connectivity index (χ0) is 11.5. The molecule has 1 aromatic carbocycles. The number of ether oxygens (including phenoxy) is 3. The summed E-state index contributed by atoms with van der Waals surface area (Å²) in [5.74, 6) is 0.191. The second kappa shape index (κ2) is 4.29. The molecule has 0 aliphatic carbocycles. The van der Waals surface area contributed by atoms with E-state index < -0.39 is 5.97 Å². The summed E-state index contributed by atoms with van der Waals surface area (Å²) in [6.07, 6.45) is 0. The minimum Gasteiger partial charge on any atom is -0.454 e. The molecule has 0 saturated heterocycles. The second-order valence-corrected chi connectivity index (χ2v) is 3.33. The molecule has 2 rings (SSSR count). The van der Waals surface area contributed by atoms with Crippen LogP contribution in [0.3, 0.4) is 0 Å². The first-order chi connectivity index (χ1) is 7.72. The Morgan fingerprint density at radius 2 is 2.38 bits per heavy atom. The summed E-state index contributed by atoms with van der Waals surface area (Å²) in [7, 11) is 0. The molecule has 0 saturated carbocycles. The minimum atomic E-state index is -0.623. The van der Waals surface area contributed by atoms with Crippen LogP contribution in [0, 0.1) is 11.3 Å². The average molecular weight is 240 g/mol. The zero-order valence-corrected chi connectivity index (χ0v) is 8.78. The molecule has 0 amide bonds. The Morgan fingerprint density at radius 3 is 3.12 bits per heavy atom. The highest BCUT2D eigenvalue weighted by Gasteiger charge is 2.21. The second-order valence-electron chi connectivity index (χ2n) is 2.93. The number of esters is 1. The molecule has 0 unspecified atom stereocenters. The average Bonchev–Trinajstić information content (AvgIpc) is 2.74. The van der Waals surface area contributed by atoms with Crippen LogP contribution in [-0.4, -0.2) is 19.4 Å². The van der Waals surface area contributed by atoms with Gasteiger partial charge in [0, 0.05) is 0 Å². The van der Waals surface area contributed by atoms with Crippen molar-refractivity contribution < 1.29 is 19.0 Å². The normalized spacial score (nSPS) is 12.0. The minimum absolute atomic E-state index is 0.0751. The van der Waals surface area contributed by atoms with Crippen LogP contribution in [0.15, 0.2) is 12.1 Å². The van der Waals surface area contributed by atoms with Crippen LogP contribution in [0.2, 0.25) is 5.02 Å². The van der Waals surface area contributed by atoms with E-state index in [0.29, 0.717) is 11.5 Å². The van der Waals surface area contributed by atoms with E-state index >= 15 is 0 Å². The Labute approximate surface area is 96.1 Å². The van der Waals surface area contributed by atoms with Gasteiger partial charge in [-0.2, -0.15) is 5.26 Å². The SMILES string of the molecule is N#CCOC(=O)c1cc(Cl)c2c(c1)OCO2. The lowest BCUT2D eigenvalue weighted by Crippen LogP contribution is -2.05. The van der Waals surface area contributed by atoms with Crippen molar-refractivity contribution >= 4 is 17.6 Å². The van der Waals surface area contributed by atoms with Crippen molar-refractivity contribution in [2.75, 3.05) is 13.4 Å². The van der Waals surface area contributed by atoms with Gasteiger partial charge in [-0.3, -0.25) is 0 Å². The maximum atomic E-state index is 11.4. The van der Waals surface area contributed by atoms with E-state index in [0.717, 1.165) is 0 Å². The first kappa shape index (κ1) is 10.6. The smallest absolute Gasteiger partial charge is 0.339 e. The summed E-state index contributed by atoms with van der Waals surface area (Å²) >= 11 is 5.88. The van der Waals surface area contributed by atoms with E-state index in [9.17, 15) is 4.79 Å². The highest BCUT2D eigenvalue weighted by Crippen LogP contribution is 2.39. The van der Waals surface area contributed by atoms with Gasteiger partial charge in [-0.05, 0) is 12.1 Å². The number of halogens is 1. The number of hydrogen-bond acceptors (Lipinski definition) is 5. The molecule has 6 heteroatoms. The summed E-state index contributed by atoms with van der Waals surface area (Å²) in [6, 6.07) is 4.58. The highest BCUT2D eigenvalue weighted by molar-refractivity contribution is 6.32. The van der Waals surface area contributed by atoms with Gasteiger partial charge >= 0.3 is 5.97 Å². The maximum absolute atomic E-state index is 11.4. The third kappa shape index (κ3) is 1.88. The molecule has 0 atom stereocenters. The number of nitriles is 1. The molecule has 0 bridgehead atoms. The first-order valence-corrected chi connectivity index (χ1v) is 4.73. The molecule has 0 fully saturated rings. The number of nitrogens with zero attached hydrogens (tertiary/aromatic N) is 1. The van der Waals surface area contributed by atoms with Gasteiger partial charge in [0.05, 0.1) is 10.6 Å². The van der Waals surface area contributed by atoms with Crippen molar-refractivity contribution in [1.82, 2.24) is 0 Å². The third-order valence-electron chi connectivity index (χ3n) is 1.93. The van der Waals surface area contributed by atoms with Gasteiger partial charge in [0.2, 0.25) is 6.79 Å². The van der Waals surface area contributed by atoms with E-state index in [1.165, 1.54) is 12.1 Å². The lowest BCUT2D eigenvalue weighted by molar-refractivity contribution is 0.0554. The quantitative estimate of drug-likeness (QED) is 0.736. The number of benzene rings is 1. The predicted molar refractivity (Wildman–Crippen MR) is 53.5 cm³/mol. The predicted octanol–water partition coefficient (Wildman–Crippen LogP) is 1.75. The molecular weight excluding hydrogens is 234 g/mol. The van der Waals surface area contributed by atoms with Crippen LogP contribution < -0.4 is 9.47 Å². The van der Waals surface area contributed by atoms with Gasteiger partial charge < -0.3 is 14.2 Å². The van der Waals surface area contributed by atoms with Gasteiger partial charge in [-0.1, -0.05) is 11.6 Å². The van der Waals surface area contributed by atoms with E-state index in [2.05, 4.69) is 4.74 Å². The van der Waals surface area contributed by atoms with E-state index in [1.54, 1.807) is 6.07 Å². The molecule has 16 heavy (non-hydrogen) atoms. The molecule has 0 spiro atoms. The summed E-state index contributed by atoms with van der Waals surface area (Å²) in [5.41, 5.74) is 0.226. The molecule has 5 nitrogen and oxygen atoms in total. The molecule has 82 valence electrons. The Bertz CT molecular complexity index is 480. The van der Waals surface area contributed by atoms with Crippen molar-refractivity contribution in [3.63, 3.8) is 0 Å². The summed E-state index contributed by atoms with van der Waals surface area (Å²) in [6.45, 7) is -0.226. The Kier molecular flexibility index (Phi) is 2.84. The van der Waals surface area contributed by atoms with Gasteiger partial charge in [0.1, 0.15) is 6.07 Å². The highest BCUT2D eigenvalue weighted by atomic mass is 35.5. The number of hydrogen-bond donors (Lipinski definition) is 0. The molecule has 0 N–H and O–H groups in total. The Morgan fingerprint density at radius 1 is 1.56 bits per heavy atom. The first-order valence-electron chi connectivity index (χ1n) is 4.35. The van der Waals surface area contributed by atoms with Gasteiger partial charge in [0.25, 0.3) is 0 Å². The number of rotatable bonds is 2. The van der Waals surface area contributed by atoms with E-state index in [1.807, 2.05) is 0 Å². The van der Waals surface area contributed by atoms with Crippen LogP contribution in [0.4, 0.5) is 0 Å². The maximum Gasteiger partial charge on any atom is 0.339 e. The third-order valence-corrected chi connectivity index (χ3v) is 2.21. The van der Waals surface area contributed by atoms with E-state index in [-0.39, 0.29) is 24.0 Å². The standard InChI is InChI=1S/C10H6ClNO4/c11-7-3-6(10(13)14-2-1-12)4-8-9(7)16-5-15-8/h3-4H,2,5H2. The molecule has 1 heterocycles. The summed E-state index contributed by atoms with van der Waals surface area (Å²) in [4.78, 5) is 11.4. The molecule has 1 aliphatic rings. The lowest BCUT2D eigenvalue weighted by atomic mass is 10.2. The number of carbonyl (C=O) groups is 1. The summed E-state index contributed by atoms with van der Waals surface area (Å²) < 4.78 is 14.8. The largest absolute Gasteiger partial charge is 0.454 e. The van der Waals surface area contributed by atoms with Crippen LogP contribution in [0.25, 0.3) is 0 Å². The zero-order valence-electron chi connectivity index (χ0n) is 8.03. The van der Waals surface area contributed by atoms with Crippen molar-refractivity contribution in [3.05, 3.63) is 22.7 Å². The van der Waals surface area contributed by atoms with Crippen LogP contribution in [0.5, 0.6) is 11.5 Å². The van der Waals surface area contributed by atoms with Gasteiger partial charge in [-0.15, -0.1) is 0 Å². The van der Waals surface area contributed by atoms with Gasteiger partial charge in [-0.25, -0.2) is 4.79 Å². The van der Waals surface area contributed by atoms with Crippen molar-refractivity contribution in [1.29, 1.82) is 5.26 Å². The van der Waals surface area contributed by atoms with Crippen molar-refractivity contribution in [2.24, 2.45) is 0 Å². The van der Waals surface area contributed by atoms with Crippen LogP contribution >= 0.6 is 11.6 Å². The fraction of sp³-hybridized carbons (Fsp3) is 0.200. The molecular formula is C10H6ClNO4. The topological polar surface area (TPSA) is 68.5 Å².